The smallest absolute Gasteiger partial charge is 0.303 e. The molecule has 1 heterocycles. The lowest BCUT2D eigenvalue weighted by Gasteiger charge is -2.26. The Kier molecular flexibility index (Phi) is 6.00. The van der Waals surface area contributed by atoms with E-state index in [4.69, 9.17) is 9.84 Å². The largest absolute Gasteiger partial charge is 0.481 e. The highest BCUT2D eigenvalue weighted by Gasteiger charge is 2.24. The summed E-state index contributed by atoms with van der Waals surface area (Å²) in [4.78, 5) is 10.6. The first-order valence-corrected chi connectivity index (χ1v) is 7.44. The Bertz CT molecular complexity index is 364. The molecule has 1 atom stereocenters. The molecule has 0 aromatic carbocycles. The minimum Gasteiger partial charge on any atom is -0.481 e. The third-order valence-electron chi connectivity index (χ3n) is 2.91. The van der Waals surface area contributed by atoms with Gasteiger partial charge in [0.05, 0.1) is 13.2 Å². The van der Waals surface area contributed by atoms with Crippen LogP contribution in [0.25, 0.3) is 0 Å². The zero-order valence-electron chi connectivity index (χ0n) is 10.5. The van der Waals surface area contributed by atoms with Crippen molar-refractivity contribution in [2.24, 2.45) is 5.92 Å². The second-order valence-corrected chi connectivity index (χ2v) is 5.99. The molecule has 7 nitrogen and oxygen atoms in total. The molecule has 1 unspecified atom stereocenters. The van der Waals surface area contributed by atoms with E-state index in [0.717, 1.165) is 0 Å². The van der Waals surface area contributed by atoms with Crippen LogP contribution in [-0.4, -0.2) is 56.6 Å². The van der Waals surface area contributed by atoms with Gasteiger partial charge in [-0.25, -0.2) is 4.72 Å². The number of morpholine rings is 1. The van der Waals surface area contributed by atoms with E-state index in [1.807, 2.05) is 6.92 Å². The van der Waals surface area contributed by atoms with Gasteiger partial charge < -0.3 is 9.84 Å². The third-order valence-corrected chi connectivity index (χ3v) is 4.48. The summed E-state index contributed by atoms with van der Waals surface area (Å²) in [5.41, 5.74) is 0. The zero-order valence-corrected chi connectivity index (χ0v) is 11.3. The molecular formula is C10H20N2O5S. The van der Waals surface area contributed by atoms with Crippen molar-refractivity contribution in [1.29, 1.82) is 0 Å². The number of rotatable bonds is 7. The molecule has 8 heteroatoms. The van der Waals surface area contributed by atoms with E-state index in [-0.39, 0.29) is 18.9 Å². The number of nitrogens with one attached hydrogen (secondary N) is 1. The number of carboxylic acid groups (broad SMARTS) is 1. The SMILES string of the molecule is CCC(CNS(=O)(=O)N1CCOCC1)CC(=O)O. The molecule has 0 aromatic heterocycles. The fourth-order valence-corrected chi connectivity index (χ4v) is 2.97. The van der Waals surface area contributed by atoms with Crippen molar-refractivity contribution < 1.29 is 23.1 Å². The van der Waals surface area contributed by atoms with Crippen LogP contribution in [0.2, 0.25) is 0 Å². The van der Waals surface area contributed by atoms with E-state index >= 15 is 0 Å². The van der Waals surface area contributed by atoms with E-state index in [9.17, 15) is 13.2 Å². The lowest BCUT2D eigenvalue weighted by molar-refractivity contribution is -0.138. The van der Waals surface area contributed by atoms with Crippen LogP contribution < -0.4 is 4.72 Å². The standard InChI is InChI=1S/C10H20N2O5S/c1-2-9(7-10(13)14)8-11-18(15,16)12-3-5-17-6-4-12/h9,11H,2-8H2,1H3,(H,13,14). The van der Waals surface area contributed by atoms with Crippen LogP contribution in [0.15, 0.2) is 0 Å². The molecule has 0 saturated carbocycles. The molecule has 0 amide bonds. The monoisotopic (exact) mass is 280 g/mol. The molecule has 0 aromatic rings. The van der Waals surface area contributed by atoms with Crippen LogP contribution in [0.1, 0.15) is 19.8 Å². The first-order valence-electron chi connectivity index (χ1n) is 6.00. The van der Waals surface area contributed by atoms with Crippen LogP contribution in [-0.2, 0) is 19.7 Å². The Morgan fingerprint density at radius 2 is 2.06 bits per heavy atom. The van der Waals surface area contributed by atoms with E-state index in [0.29, 0.717) is 32.7 Å². The molecular weight excluding hydrogens is 260 g/mol. The van der Waals surface area contributed by atoms with Gasteiger partial charge in [0.15, 0.2) is 0 Å². The number of carboxylic acids is 1. The third kappa shape index (κ3) is 4.89. The Morgan fingerprint density at radius 3 is 2.56 bits per heavy atom. The number of aliphatic carboxylic acids is 1. The van der Waals surface area contributed by atoms with Crippen molar-refractivity contribution in [3.05, 3.63) is 0 Å². The van der Waals surface area contributed by atoms with Gasteiger partial charge >= 0.3 is 5.97 Å². The summed E-state index contributed by atoms with van der Waals surface area (Å²) in [6, 6.07) is 0. The minimum atomic E-state index is -3.51. The summed E-state index contributed by atoms with van der Waals surface area (Å²) >= 11 is 0. The maximum atomic E-state index is 11.9. The van der Waals surface area contributed by atoms with Crippen LogP contribution in [0.4, 0.5) is 0 Å². The van der Waals surface area contributed by atoms with E-state index in [1.54, 1.807) is 0 Å². The van der Waals surface area contributed by atoms with Gasteiger partial charge in [0.2, 0.25) is 0 Å². The van der Waals surface area contributed by atoms with Crippen LogP contribution in [0, 0.1) is 5.92 Å². The van der Waals surface area contributed by atoms with Gasteiger partial charge in [-0.2, -0.15) is 12.7 Å². The molecule has 1 aliphatic heterocycles. The maximum absolute atomic E-state index is 11.9. The van der Waals surface area contributed by atoms with Crippen LogP contribution >= 0.6 is 0 Å². The van der Waals surface area contributed by atoms with Crippen molar-refractivity contribution in [3.63, 3.8) is 0 Å². The highest BCUT2D eigenvalue weighted by atomic mass is 32.2. The first-order chi connectivity index (χ1) is 8.45. The molecule has 1 fully saturated rings. The highest BCUT2D eigenvalue weighted by Crippen LogP contribution is 2.09. The summed E-state index contributed by atoms with van der Waals surface area (Å²) in [6.45, 7) is 3.47. The van der Waals surface area contributed by atoms with Gasteiger partial charge in [-0.05, 0) is 5.92 Å². The Balaban J connectivity index is 2.46. The van der Waals surface area contributed by atoms with Crippen molar-refractivity contribution in [1.82, 2.24) is 9.03 Å². The normalized spacial score (nSPS) is 19.6. The molecule has 0 spiro atoms. The molecule has 1 saturated heterocycles. The lowest BCUT2D eigenvalue weighted by Crippen LogP contribution is -2.47. The predicted octanol–water partition coefficient (Wildman–Crippen LogP) is -0.346. The fraction of sp³-hybridized carbons (Fsp3) is 0.900. The van der Waals surface area contributed by atoms with Gasteiger partial charge in [-0.1, -0.05) is 13.3 Å². The van der Waals surface area contributed by atoms with Gasteiger partial charge in [0, 0.05) is 26.1 Å². The lowest BCUT2D eigenvalue weighted by atomic mass is 10.0. The molecule has 0 bridgehead atoms. The topological polar surface area (TPSA) is 95.9 Å². The second kappa shape index (κ2) is 7.03. The number of ether oxygens (including phenoxy) is 1. The molecule has 2 N–H and O–H groups in total. The Hall–Kier alpha value is -0.700. The average molecular weight is 280 g/mol. The van der Waals surface area contributed by atoms with Gasteiger partial charge in [0.25, 0.3) is 10.2 Å². The number of hydrogen-bond donors (Lipinski definition) is 2. The van der Waals surface area contributed by atoms with E-state index in [2.05, 4.69) is 4.72 Å². The van der Waals surface area contributed by atoms with Crippen molar-refractivity contribution in [2.75, 3.05) is 32.8 Å². The average Bonchev–Trinajstić information content (AvgIpc) is 2.35. The Morgan fingerprint density at radius 1 is 1.44 bits per heavy atom. The molecule has 1 rings (SSSR count). The maximum Gasteiger partial charge on any atom is 0.303 e. The first kappa shape index (κ1) is 15.4. The zero-order chi connectivity index (χ0) is 13.6. The van der Waals surface area contributed by atoms with Crippen molar-refractivity contribution in [2.45, 2.75) is 19.8 Å². The van der Waals surface area contributed by atoms with E-state index in [1.165, 1.54) is 4.31 Å². The number of hydrogen-bond acceptors (Lipinski definition) is 4. The summed E-state index contributed by atoms with van der Waals surface area (Å²) in [5.74, 6) is -1.09. The molecule has 0 aliphatic carbocycles. The highest BCUT2D eigenvalue weighted by molar-refractivity contribution is 7.87. The summed E-state index contributed by atoms with van der Waals surface area (Å²) in [6.07, 6.45) is 0.597. The summed E-state index contributed by atoms with van der Waals surface area (Å²) in [7, 11) is -3.51. The van der Waals surface area contributed by atoms with Gasteiger partial charge in [-0.3, -0.25) is 4.79 Å². The number of carbonyl (C=O) groups is 1. The van der Waals surface area contributed by atoms with Crippen LogP contribution in [0.5, 0.6) is 0 Å². The predicted molar refractivity (Wildman–Crippen MR) is 65.3 cm³/mol. The molecule has 0 radical (unpaired) electrons. The molecule has 106 valence electrons. The minimum absolute atomic E-state index is 0.0257. The van der Waals surface area contributed by atoms with Crippen molar-refractivity contribution >= 4 is 16.2 Å². The Labute approximate surface area is 107 Å². The molecule has 1 aliphatic rings. The van der Waals surface area contributed by atoms with Crippen LogP contribution in [0.3, 0.4) is 0 Å². The fourth-order valence-electron chi connectivity index (χ4n) is 1.71. The van der Waals surface area contributed by atoms with Gasteiger partial charge in [0.1, 0.15) is 0 Å². The number of nitrogens with zero attached hydrogens (tertiary/aromatic N) is 1. The van der Waals surface area contributed by atoms with Gasteiger partial charge in [-0.15, -0.1) is 0 Å². The quantitative estimate of drug-likeness (QED) is 0.665. The second-order valence-electron chi connectivity index (χ2n) is 4.24. The summed E-state index contributed by atoms with van der Waals surface area (Å²) in [5, 5.41) is 8.69. The van der Waals surface area contributed by atoms with E-state index < -0.39 is 16.2 Å². The summed E-state index contributed by atoms with van der Waals surface area (Å²) < 4.78 is 32.7. The molecule has 18 heavy (non-hydrogen) atoms. The van der Waals surface area contributed by atoms with Crippen molar-refractivity contribution in [3.8, 4) is 0 Å².